The predicted octanol–water partition coefficient (Wildman–Crippen LogP) is 4.01. The van der Waals surface area contributed by atoms with Crippen LogP contribution in [-0.2, 0) is 0 Å². The molecule has 1 aliphatic heterocycles. The van der Waals surface area contributed by atoms with Gasteiger partial charge >= 0.3 is 0 Å². The van der Waals surface area contributed by atoms with Crippen molar-refractivity contribution in [3.63, 3.8) is 0 Å². The van der Waals surface area contributed by atoms with Crippen LogP contribution in [0.1, 0.15) is 46.5 Å². The maximum absolute atomic E-state index is 12.6. The molecule has 1 amide bonds. The maximum atomic E-state index is 12.6. The third-order valence-corrected chi connectivity index (χ3v) is 4.78. The minimum Gasteiger partial charge on any atom is -0.459 e. The fraction of sp³-hybridized carbons (Fsp3) is 0.312. The normalized spacial score (nSPS) is 23.8. The number of benzene rings is 1. The van der Waals surface area contributed by atoms with Crippen LogP contribution in [0.2, 0.25) is 5.02 Å². The second-order valence-corrected chi connectivity index (χ2v) is 5.86. The summed E-state index contributed by atoms with van der Waals surface area (Å²) >= 11 is 6.37. The van der Waals surface area contributed by atoms with Gasteiger partial charge in [0.1, 0.15) is 0 Å². The van der Waals surface area contributed by atoms with Crippen molar-refractivity contribution in [3.8, 4) is 0 Å². The fourth-order valence-electron chi connectivity index (χ4n) is 3.57. The van der Waals surface area contributed by atoms with Crippen LogP contribution >= 0.6 is 11.6 Å². The van der Waals surface area contributed by atoms with Gasteiger partial charge in [-0.15, -0.1) is 0 Å². The quantitative estimate of drug-likeness (QED) is 0.794. The van der Waals surface area contributed by atoms with Crippen LogP contribution in [0.25, 0.3) is 0 Å². The van der Waals surface area contributed by atoms with E-state index in [0.29, 0.717) is 11.7 Å². The van der Waals surface area contributed by atoms with E-state index in [9.17, 15) is 4.79 Å². The SMILES string of the molecule is O=C(c1ccco1)N1CCC2CC1c1c(Cl)cccc12. The molecular weight excluding hydrogens is 274 g/mol. The highest BCUT2D eigenvalue weighted by Gasteiger charge is 2.42. The highest BCUT2D eigenvalue weighted by Crippen LogP contribution is 2.51. The molecule has 1 saturated heterocycles. The summed E-state index contributed by atoms with van der Waals surface area (Å²) in [7, 11) is 0. The Kier molecular flexibility index (Phi) is 2.64. The number of likely N-dealkylation sites (tertiary alicyclic amines) is 1. The second-order valence-electron chi connectivity index (χ2n) is 5.46. The summed E-state index contributed by atoms with van der Waals surface area (Å²) in [4.78, 5) is 14.5. The number of carbonyl (C=O) groups excluding carboxylic acids is 1. The summed E-state index contributed by atoms with van der Waals surface area (Å²) in [5, 5.41) is 0.772. The molecule has 3 nitrogen and oxygen atoms in total. The van der Waals surface area contributed by atoms with Gasteiger partial charge < -0.3 is 9.32 Å². The number of piperidine rings is 1. The van der Waals surface area contributed by atoms with Crippen molar-refractivity contribution in [1.82, 2.24) is 4.90 Å². The highest BCUT2D eigenvalue weighted by atomic mass is 35.5. The molecule has 0 spiro atoms. The average molecular weight is 288 g/mol. The van der Waals surface area contributed by atoms with Gasteiger partial charge in [-0.2, -0.15) is 0 Å². The number of furan rings is 1. The van der Waals surface area contributed by atoms with Crippen molar-refractivity contribution in [3.05, 3.63) is 58.5 Å². The van der Waals surface area contributed by atoms with Crippen LogP contribution in [0.5, 0.6) is 0 Å². The minimum atomic E-state index is -0.0359. The molecule has 0 radical (unpaired) electrons. The molecule has 2 aromatic rings. The van der Waals surface area contributed by atoms with E-state index in [4.69, 9.17) is 16.0 Å². The number of carbonyl (C=O) groups is 1. The molecule has 2 bridgehead atoms. The van der Waals surface area contributed by atoms with E-state index >= 15 is 0 Å². The molecule has 102 valence electrons. The Bertz CT molecular complexity index is 665. The lowest BCUT2D eigenvalue weighted by atomic mass is 9.95. The lowest BCUT2D eigenvalue weighted by Gasteiger charge is -2.33. The second kappa shape index (κ2) is 4.38. The van der Waals surface area contributed by atoms with Crippen molar-refractivity contribution in [2.24, 2.45) is 0 Å². The number of rotatable bonds is 1. The van der Waals surface area contributed by atoms with Crippen LogP contribution in [0.3, 0.4) is 0 Å². The van der Waals surface area contributed by atoms with E-state index in [1.165, 1.54) is 11.8 Å². The smallest absolute Gasteiger partial charge is 0.290 e. The van der Waals surface area contributed by atoms with Crippen LogP contribution in [-0.4, -0.2) is 17.4 Å². The van der Waals surface area contributed by atoms with Gasteiger partial charge in [-0.1, -0.05) is 23.7 Å². The number of fused-ring (bicyclic) bond motifs is 5. The molecule has 1 aromatic heterocycles. The highest BCUT2D eigenvalue weighted by molar-refractivity contribution is 6.31. The topological polar surface area (TPSA) is 33.5 Å². The standard InChI is InChI=1S/C16H14ClNO2/c17-12-4-1-3-11-10-6-7-18(13(9-10)15(11)12)16(19)14-5-2-8-20-14/h1-5,8,10,13H,6-7,9H2. The fourth-order valence-corrected chi connectivity index (χ4v) is 3.88. The third-order valence-electron chi connectivity index (χ3n) is 4.45. The molecule has 1 aromatic carbocycles. The van der Waals surface area contributed by atoms with E-state index in [1.807, 2.05) is 17.0 Å². The van der Waals surface area contributed by atoms with Gasteiger partial charge in [0.2, 0.25) is 0 Å². The number of nitrogens with zero attached hydrogens (tertiary/aromatic N) is 1. The summed E-state index contributed by atoms with van der Waals surface area (Å²) in [5.41, 5.74) is 2.45. The molecule has 2 aliphatic rings. The molecule has 1 aliphatic carbocycles. The molecule has 20 heavy (non-hydrogen) atoms. The van der Waals surface area contributed by atoms with Gasteiger partial charge in [0.25, 0.3) is 5.91 Å². The Balaban J connectivity index is 1.75. The van der Waals surface area contributed by atoms with Crippen LogP contribution in [0.15, 0.2) is 41.0 Å². The van der Waals surface area contributed by atoms with E-state index < -0.39 is 0 Å². The summed E-state index contributed by atoms with van der Waals surface area (Å²) in [5.74, 6) is 0.907. The molecule has 2 heterocycles. The Morgan fingerprint density at radius 1 is 1.30 bits per heavy atom. The Morgan fingerprint density at radius 2 is 2.20 bits per heavy atom. The van der Waals surface area contributed by atoms with Gasteiger partial charge in [0, 0.05) is 11.6 Å². The summed E-state index contributed by atoms with van der Waals surface area (Å²) in [6, 6.07) is 9.62. The summed E-state index contributed by atoms with van der Waals surface area (Å²) < 4.78 is 5.25. The van der Waals surface area contributed by atoms with Gasteiger partial charge in [0.15, 0.2) is 5.76 Å². The number of halogens is 1. The van der Waals surface area contributed by atoms with E-state index in [2.05, 4.69) is 6.07 Å². The number of hydrogen-bond donors (Lipinski definition) is 0. The molecule has 4 rings (SSSR count). The molecule has 2 unspecified atom stereocenters. The lowest BCUT2D eigenvalue weighted by molar-refractivity contribution is 0.0588. The van der Waals surface area contributed by atoms with Crippen molar-refractivity contribution in [1.29, 1.82) is 0 Å². The zero-order chi connectivity index (χ0) is 13.7. The van der Waals surface area contributed by atoms with Crippen LogP contribution < -0.4 is 0 Å². The molecule has 1 fully saturated rings. The summed E-state index contributed by atoms with van der Waals surface area (Å²) in [6.45, 7) is 0.764. The zero-order valence-electron chi connectivity index (χ0n) is 10.9. The first-order valence-electron chi connectivity index (χ1n) is 6.88. The van der Waals surface area contributed by atoms with Crippen LogP contribution in [0, 0.1) is 0 Å². The molecule has 0 N–H and O–H groups in total. The Hall–Kier alpha value is -1.74. The van der Waals surface area contributed by atoms with E-state index in [-0.39, 0.29) is 11.9 Å². The van der Waals surface area contributed by atoms with Crippen molar-refractivity contribution in [2.45, 2.75) is 24.8 Å². The lowest BCUT2D eigenvalue weighted by Crippen LogP contribution is -2.37. The molecule has 2 atom stereocenters. The first kappa shape index (κ1) is 12.0. The van der Waals surface area contributed by atoms with Gasteiger partial charge in [-0.25, -0.2) is 0 Å². The van der Waals surface area contributed by atoms with Gasteiger partial charge in [-0.3, -0.25) is 4.79 Å². The monoisotopic (exact) mass is 287 g/mol. The van der Waals surface area contributed by atoms with E-state index in [1.54, 1.807) is 12.1 Å². The largest absolute Gasteiger partial charge is 0.459 e. The molecule has 4 heteroatoms. The molecular formula is C16H14ClNO2. The van der Waals surface area contributed by atoms with E-state index in [0.717, 1.165) is 30.0 Å². The average Bonchev–Trinajstić information content (AvgIpc) is 3.07. The first-order chi connectivity index (χ1) is 9.75. The number of hydrogen-bond acceptors (Lipinski definition) is 2. The first-order valence-corrected chi connectivity index (χ1v) is 7.26. The van der Waals surface area contributed by atoms with Crippen molar-refractivity contribution < 1.29 is 9.21 Å². The minimum absolute atomic E-state index is 0.0359. The maximum Gasteiger partial charge on any atom is 0.290 e. The van der Waals surface area contributed by atoms with Gasteiger partial charge in [-0.05, 0) is 48.1 Å². The van der Waals surface area contributed by atoms with Crippen LogP contribution in [0.4, 0.5) is 0 Å². The predicted molar refractivity (Wildman–Crippen MR) is 75.9 cm³/mol. The van der Waals surface area contributed by atoms with Crippen molar-refractivity contribution in [2.75, 3.05) is 6.54 Å². The Morgan fingerprint density at radius 3 is 3.00 bits per heavy atom. The Labute approximate surface area is 122 Å². The zero-order valence-corrected chi connectivity index (χ0v) is 11.6. The summed E-state index contributed by atoms with van der Waals surface area (Å²) in [6.07, 6.45) is 3.51. The third kappa shape index (κ3) is 1.63. The van der Waals surface area contributed by atoms with Crippen molar-refractivity contribution >= 4 is 17.5 Å². The van der Waals surface area contributed by atoms with Gasteiger partial charge in [0.05, 0.1) is 12.3 Å². The molecule has 0 saturated carbocycles. The number of amides is 1.